The average Bonchev–Trinajstić information content (AvgIpc) is 3.19. The van der Waals surface area contributed by atoms with Gasteiger partial charge in [0, 0.05) is 23.6 Å². The van der Waals surface area contributed by atoms with Crippen LogP contribution in [0.25, 0.3) is 0 Å². The number of anilines is 2. The van der Waals surface area contributed by atoms with Gasteiger partial charge in [-0.05, 0) is 61.9 Å². The molecule has 0 atom stereocenters. The molecule has 0 saturated carbocycles. The third-order valence-electron chi connectivity index (χ3n) is 4.34. The Bertz CT molecular complexity index is 962. The summed E-state index contributed by atoms with van der Waals surface area (Å²) in [5.74, 6) is 0.944. The van der Waals surface area contributed by atoms with Crippen molar-refractivity contribution in [2.45, 2.75) is 24.4 Å². The molecule has 0 fully saturated rings. The molecule has 1 aliphatic carbocycles. The molecule has 0 radical (unpaired) electrons. The quantitative estimate of drug-likeness (QED) is 0.311. The van der Waals surface area contributed by atoms with Crippen molar-refractivity contribution in [3.8, 4) is 5.75 Å². The zero-order valence-electron chi connectivity index (χ0n) is 14.8. The summed E-state index contributed by atoms with van der Waals surface area (Å²) < 4.78 is 5.39. The Kier molecular flexibility index (Phi) is 5.02. The van der Waals surface area contributed by atoms with E-state index in [0.717, 1.165) is 41.6 Å². The molecule has 1 N–H and O–H groups in total. The molecule has 27 heavy (non-hydrogen) atoms. The Labute approximate surface area is 161 Å². The fraction of sp³-hybridized carbons (Fsp3) is 0.200. The first kappa shape index (κ1) is 17.5. The summed E-state index contributed by atoms with van der Waals surface area (Å²) in [6.07, 6.45) is 8.21. The van der Waals surface area contributed by atoms with E-state index in [-0.39, 0.29) is 0 Å². The van der Waals surface area contributed by atoms with Crippen molar-refractivity contribution < 1.29 is 9.53 Å². The number of rotatable bonds is 5. The summed E-state index contributed by atoms with van der Waals surface area (Å²) >= 11 is 1.54. The summed E-state index contributed by atoms with van der Waals surface area (Å²) in [6.45, 7) is 0. The maximum absolute atomic E-state index is 12.1. The second-order valence-electron chi connectivity index (χ2n) is 6.11. The highest BCUT2D eigenvalue weighted by Gasteiger charge is 2.19. The largest absolute Gasteiger partial charge is 0.423 e. The minimum absolute atomic E-state index is 0.406. The van der Waals surface area contributed by atoms with Crippen molar-refractivity contribution in [1.29, 1.82) is 0 Å². The molecule has 3 aromatic rings. The molecular formula is C20H18N4O2S. The second kappa shape index (κ2) is 7.75. The fourth-order valence-electron chi connectivity index (χ4n) is 3.00. The van der Waals surface area contributed by atoms with Crippen molar-refractivity contribution in [2.24, 2.45) is 0 Å². The Balaban J connectivity index is 1.49. The predicted octanol–water partition coefficient (Wildman–Crippen LogP) is 4.05. The summed E-state index contributed by atoms with van der Waals surface area (Å²) in [5.41, 5.74) is 3.69. The Morgan fingerprint density at radius 3 is 2.59 bits per heavy atom. The van der Waals surface area contributed by atoms with Crippen LogP contribution in [-0.4, -0.2) is 27.2 Å². The monoisotopic (exact) mass is 378 g/mol. The number of esters is 1. The van der Waals surface area contributed by atoms with Gasteiger partial charge in [0.15, 0.2) is 5.16 Å². The van der Waals surface area contributed by atoms with Crippen LogP contribution in [0.1, 0.15) is 28.0 Å². The molecule has 0 saturated heterocycles. The number of fused-ring (bicyclic) bond motifs is 1. The molecule has 6 nitrogen and oxygen atoms in total. The van der Waals surface area contributed by atoms with Gasteiger partial charge >= 0.3 is 5.97 Å². The summed E-state index contributed by atoms with van der Waals surface area (Å²) in [4.78, 5) is 25.2. The first-order chi connectivity index (χ1) is 13.2. The summed E-state index contributed by atoms with van der Waals surface area (Å²) in [7, 11) is 0. The molecule has 0 aliphatic heterocycles. The van der Waals surface area contributed by atoms with Gasteiger partial charge in [-0.2, -0.15) is 0 Å². The van der Waals surface area contributed by atoms with Gasteiger partial charge in [-0.25, -0.2) is 14.8 Å². The minimum atomic E-state index is -0.406. The third-order valence-corrected chi connectivity index (χ3v) is 4.89. The Hall–Kier alpha value is -2.93. The van der Waals surface area contributed by atoms with Crippen molar-refractivity contribution in [3.63, 3.8) is 0 Å². The number of ether oxygens (including phenoxy) is 1. The lowest BCUT2D eigenvalue weighted by molar-refractivity contribution is 0.0734. The van der Waals surface area contributed by atoms with Gasteiger partial charge in [0.2, 0.25) is 0 Å². The first-order valence-electron chi connectivity index (χ1n) is 8.66. The van der Waals surface area contributed by atoms with Crippen LogP contribution < -0.4 is 10.1 Å². The molecule has 0 spiro atoms. The molecule has 1 aliphatic rings. The zero-order chi connectivity index (χ0) is 18.6. The van der Waals surface area contributed by atoms with Gasteiger partial charge in [0.05, 0.1) is 11.3 Å². The molecule has 2 aromatic heterocycles. The maximum Gasteiger partial charge on any atom is 0.343 e. The van der Waals surface area contributed by atoms with Crippen molar-refractivity contribution in [2.75, 3.05) is 11.6 Å². The number of nitrogens with one attached hydrogen (secondary N) is 1. The van der Waals surface area contributed by atoms with Crippen LogP contribution in [0, 0.1) is 0 Å². The van der Waals surface area contributed by atoms with Crippen LogP contribution in [0.2, 0.25) is 0 Å². The highest BCUT2D eigenvalue weighted by atomic mass is 32.2. The highest BCUT2D eigenvalue weighted by Crippen LogP contribution is 2.30. The molecule has 136 valence electrons. The van der Waals surface area contributed by atoms with Gasteiger partial charge in [-0.1, -0.05) is 11.8 Å². The van der Waals surface area contributed by atoms with Gasteiger partial charge < -0.3 is 10.1 Å². The normalized spacial score (nSPS) is 12.5. The van der Waals surface area contributed by atoms with Gasteiger partial charge in [0.1, 0.15) is 11.6 Å². The minimum Gasteiger partial charge on any atom is -0.423 e. The number of hydrogen-bond acceptors (Lipinski definition) is 7. The number of carbonyl (C=O) groups excluding carboxylic acids is 1. The van der Waals surface area contributed by atoms with Crippen molar-refractivity contribution in [1.82, 2.24) is 15.0 Å². The van der Waals surface area contributed by atoms with Crippen LogP contribution in [0.4, 0.5) is 11.5 Å². The molecule has 0 bridgehead atoms. The molecule has 0 amide bonds. The lowest BCUT2D eigenvalue weighted by atomic mass is 10.2. The van der Waals surface area contributed by atoms with E-state index in [1.807, 2.05) is 18.4 Å². The number of benzene rings is 1. The number of aryl methyl sites for hydroxylation is 1. The van der Waals surface area contributed by atoms with Crippen molar-refractivity contribution >= 4 is 29.2 Å². The number of hydrogen-bond donors (Lipinski definition) is 1. The van der Waals surface area contributed by atoms with E-state index in [0.29, 0.717) is 11.3 Å². The van der Waals surface area contributed by atoms with E-state index in [1.54, 1.807) is 48.4 Å². The van der Waals surface area contributed by atoms with Crippen LogP contribution in [0.15, 0.2) is 53.9 Å². The van der Waals surface area contributed by atoms with Crippen LogP contribution in [-0.2, 0) is 12.8 Å². The maximum atomic E-state index is 12.1. The number of carbonyl (C=O) groups is 1. The zero-order valence-corrected chi connectivity index (χ0v) is 15.6. The van der Waals surface area contributed by atoms with E-state index in [2.05, 4.69) is 20.3 Å². The van der Waals surface area contributed by atoms with Crippen LogP contribution in [0.5, 0.6) is 5.75 Å². The Morgan fingerprint density at radius 1 is 1.07 bits per heavy atom. The average molecular weight is 378 g/mol. The van der Waals surface area contributed by atoms with E-state index >= 15 is 0 Å². The first-order valence-corrected chi connectivity index (χ1v) is 9.88. The molecule has 1 aromatic carbocycles. The van der Waals surface area contributed by atoms with E-state index in [9.17, 15) is 4.79 Å². The summed E-state index contributed by atoms with van der Waals surface area (Å²) in [5, 5.41) is 4.16. The predicted molar refractivity (Wildman–Crippen MR) is 105 cm³/mol. The smallest absolute Gasteiger partial charge is 0.343 e. The van der Waals surface area contributed by atoms with Crippen molar-refractivity contribution in [3.05, 3.63) is 65.6 Å². The van der Waals surface area contributed by atoms with Crippen LogP contribution in [0.3, 0.4) is 0 Å². The van der Waals surface area contributed by atoms with Crippen LogP contribution >= 0.6 is 11.8 Å². The third kappa shape index (κ3) is 3.93. The molecule has 0 unspecified atom stereocenters. The highest BCUT2D eigenvalue weighted by molar-refractivity contribution is 7.98. The lowest BCUT2D eigenvalue weighted by Crippen LogP contribution is -2.08. The molecule has 2 heterocycles. The Morgan fingerprint density at radius 2 is 1.85 bits per heavy atom. The van der Waals surface area contributed by atoms with E-state index < -0.39 is 5.97 Å². The standard InChI is InChI=1S/C20H18N4O2S/c1-27-20-23-17-4-2-3-16(17)18(24-20)22-14-5-7-15(8-6-14)26-19(25)13-9-11-21-12-10-13/h5-12H,2-4H2,1H3,(H,22,23,24). The second-order valence-corrected chi connectivity index (χ2v) is 6.89. The molecule has 4 rings (SSSR count). The number of thioether (sulfide) groups is 1. The molecule has 7 heteroatoms. The van der Waals surface area contributed by atoms with Gasteiger partial charge in [0.25, 0.3) is 0 Å². The van der Waals surface area contributed by atoms with E-state index in [1.165, 1.54) is 5.56 Å². The van der Waals surface area contributed by atoms with Gasteiger partial charge in [-0.15, -0.1) is 0 Å². The van der Waals surface area contributed by atoms with Gasteiger partial charge in [-0.3, -0.25) is 4.98 Å². The molecular weight excluding hydrogens is 360 g/mol. The topological polar surface area (TPSA) is 77.0 Å². The summed E-state index contributed by atoms with van der Waals surface area (Å²) in [6, 6.07) is 10.5. The number of aromatic nitrogens is 3. The number of nitrogens with zero attached hydrogens (tertiary/aromatic N) is 3. The lowest BCUT2D eigenvalue weighted by Gasteiger charge is -2.12. The fourth-order valence-corrected chi connectivity index (χ4v) is 3.39. The van der Waals surface area contributed by atoms with E-state index in [4.69, 9.17) is 4.74 Å². The SMILES string of the molecule is CSc1nc2c(c(Nc3ccc(OC(=O)c4ccncc4)cc3)n1)CCC2. The number of pyridine rings is 1.